The van der Waals surface area contributed by atoms with Crippen molar-refractivity contribution in [2.45, 2.75) is 36.7 Å². The van der Waals surface area contributed by atoms with Gasteiger partial charge in [-0.05, 0) is 48.7 Å². The Balaban J connectivity index is 1.54. The first kappa shape index (κ1) is 24.3. The van der Waals surface area contributed by atoms with Crippen molar-refractivity contribution < 1.29 is 31.1 Å². The average molecular weight is 535 g/mol. The topological polar surface area (TPSA) is 145 Å². The highest BCUT2D eigenvalue weighted by Crippen LogP contribution is 2.42. The Labute approximate surface area is 207 Å². The highest BCUT2D eigenvalue weighted by atomic mass is 32.2. The summed E-state index contributed by atoms with van der Waals surface area (Å²) in [5, 5.41) is 13.9. The van der Waals surface area contributed by atoms with Gasteiger partial charge >= 0.3 is 0 Å². The van der Waals surface area contributed by atoms with E-state index in [1.807, 2.05) is 0 Å². The van der Waals surface area contributed by atoms with Gasteiger partial charge in [0.2, 0.25) is 10.0 Å². The Morgan fingerprint density at radius 1 is 1.22 bits per heavy atom. The number of aliphatic hydroxyl groups is 1. The summed E-state index contributed by atoms with van der Waals surface area (Å²) in [6, 6.07) is 9.40. The van der Waals surface area contributed by atoms with Crippen LogP contribution in [0.5, 0.6) is 0 Å². The lowest BCUT2D eigenvalue weighted by atomic mass is 9.89. The number of rotatable bonds is 5. The van der Waals surface area contributed by atoms with Crippen LogP contribution in [0.2, 0.25) is 0 Å². The molecule has 1 amide bonds. The zero-order valence-electron chi connectivity index (χ0n) is 19.1. The molecule has 0 radical (unpaired) electrons. The molecule has 1 saturated carbocycles. The average Bonchev–Trinajstić information content (AvgIpc) is 3.26. The van der Waals surface area contributed by atoms with Crippen LogP contribution in [0.15, 0.2) is 63.1 Å². The molecule has 0 spiro atoms. The van der Waals surface area contributed by atoms with Crippen LogP contribution >= 0.6 is 0 Å². The Morgan fingerprint density at radius 3 is 2.72 bits per heavy atom. The fraction of sp³-hybridized carbons (Fsp3) is 0.304. The number of amides is 1. The van der Waals surface area contributed by atoms with Crippen molar-refractivity contribution >= 4 is 43.2 Å². The van der Waals surface area contributed by atoms with Gasteiger partial charge < -0.3 is 15.3 Å². The van der Waals surface area contributed by atoms with Gasteiger partial charge in [-0.25, -0.2) is 12.8 Å². The zero-order valence-corrected chi connectivity index (χ0v) is 20.7. The first-order valence-corrected chi connectivity index (χ1v) is 14.5. The summed E-state index contributed by atoms with van der Waals surface area (Å²) < 4.78 is 68.9. The lowest BCUT2D eigenvalue weighted by molar-refractivity contribution is -0.132. The second kappa shape index (κ2) is 8.59. The fourth-order valence-corrected chi connectivity index (χ4v) is 6.71. The number of halogens is 1. The van der Waals surface area contributed by atoms with E-state index >= 15 is 0 Å². The Kier molecular flexibility index (Phi) is 5.79. The van der Waals surface area contributed by atoms with Gasteiger partial charge in [0.05, 0.1) is 11.9 Å². The van der Waals surface area contributed by atoms with Gasteiger partial charge in [-0.1, -0.05) is 18.6 Å². The van der Waals surface area contributed by atoms with E-state index in [4.69, 9.17) is 0 Å². The van der Waals surface area contributed by atoms with Gasteiger partial charge in [0, 0.05) is 24.2 Å². The van der Waals surface area contributed by atoms with Crippen molar-refractivity contribution in [1.29, 1.82) is 0 Å². The molecule has 0 saturated heterocycles. The number of amidine groups is 1. The predicted molar refractivity (Wildman–Crippen MR) is 131 cm³/mol. The maximum atomic E-state index is 13.8. The molecule has 2 aliphatic heterocycles. The highest BCUT2D eigenvalue weighted by molar-refractivity contribution is 7.92. The first-order chi connectivity index (χ1) is 16.9. The summed E-state index contributed by atoms with van der Waals surface area (Å²) in [7, 11) is -7.99. The molecule has 3 aliphatic rings. The number of carbonyl (C=O) groups excluding carboxylic acids is 1. The van der Waals surface area contributed by atoms with Crippen molar-refractivity contribution in [1.82, 2.24) is 4.90 Å². The van der Waals surface area contributed by atoms with Gasteiger partial charge in [0.15, 0.2) is 5.84 Å². The third-order valence-corrected chi connectivity index (χ3v) is 8.39. The van der Waals surface area contributed by atoms with Crippen LogP contribution in [-0.4, -0.2) is 50.9 Å². The number of carbonyl (C=O) groups is 1. The molecule has 2 aromatic carbocycles. The van der Waals surface area contributed by atoms with E-state index in [1.54, 1.807) is 12.1 Å². The normalized spacial score (nSPS) is 23.0. The second-order valence-corrected chi connectivity index (χ2v) is 12.4. The van der Waals surface area contributed by atoms with Crippen molar-refractivity contribution in [3.63, 3.8) is 0 Å². The second-order valence-electron chi connectivity index (χ2n) is 9.05. The SMILES string of the molecule is CS(=O)(=O)Nc1ccc2c(c1)S(=O)(=O)N=C(C1=C(O)[C@@H]3CCC[C@@H]3N(Cc3cccc(F)c3)C1=O)N2. The molecule has 0 unspecified atom stereocenters. The summed E-state index contributed by atoms with van der Waals surface area (Å²) in [4.78, 5) is 14.9. The van der Waals surface area contributed by atoms with Crippen LogP contribution in [0.4, 0.5) is 15.8 Å². The largest absolute Gasteiger partial charge is 0.511 e. The molecule has 2 heterocycles. The Hall–Kier alpha value is -3.45. The lowest BCUT2D eigenvalue weighted by Gasteiger charge is -2.39. The van der Waals surface area contributed by atoms with E-state index in [1.165, 1.54) is 29.2 Å². The van der Waals surface area contributed by atoms with Crippen LogP contribution in [0.25, 0.3) is 0 Å². The van der Waals surface area contributed by atoms with E-state index < -0.39 is 37.7 Å². The molecule has 0 bridgehead atoms. The smallest absolute Gasteiger partial charge is 0.286 e. The molecule has 190 valence electrons. The summed E-state index contributed by atoms with van der Waals surface area (Å²) in [5.74, 6) is -1.99. The molecule has 0 aromatic heterocycles. The van der Waals surface area contributed by atoms with Crippen LogP contribution in [0.3, 0.4) is 0 Å². The van der Waals surface area contributed by atoms with Crippen molar-refractivity contribution in [3.05, 3.63) is 65.2 Å². The number of nitrogens with one attached hydrogen (secondary N) is 2. The lowest BCUT2D eigenvalue weighted by Crippen LogP contribution is -2.49. The number of aliphatic hydroxyl groups excluding tert-OH is 1. The highest BCUT2D eigenvalue weighted by Gasteiger charge is 2.46. The quantitative estimate of drug-likeness (QED) is 0.535. The molecular formula is C23H23FN4O6S2. The van der Waals surface area contributed by atoms with Crippen molar-refractivity contribution in [2.75, 3.05) is 16.3 Å². The summed E-state index contributed by atoms with van der Waals surface area (Å²) in [6.07, 6.45) is 2.95. The van der Waals surface area contributed by atoms with E-state index in [-0.39, 0.29) is 46.0 Å². The molecule has 2 atom stereocenters. The van der Waals surface area contributed by atoms with E-state index in [0.29, 0.717) is 18.4 Å². The van der Waals surface area contributed by atoms with E-state index in [2.05, 4.69) is 14.4 Å². The van der Waals surface area contributed by atoms with Gasteiger partial charge in [0.25, 0.3) is 15.9 Å². The number of sulfonamides is 2. The molecule has 5 rings (SSSR count). The summed E-state index contributed by atoms with van der Waals surface area (Å²) >= 11 is 0. The fourth-order valence-electron chi connectivity index (χ4n) is 5.01. The molecule has 36 heavy (non-hydrogen) atoms. The van der Waals surface area contributed by atoms with Crippen LogP contribution in [0, 0.1) is 11.7 Å². The monoisotopic (exact) mass is 534 g/mol. The number of benzene rings is 2. The summed E-state index contributed by atoms with van der Waals surface area (Å²) in [5.41, 5.74) is 0.433. The van der Waals surface area contributed by atoms with E-state index in [9.17, 15) is 31.1 Å². The van der Waals surface area contributed by atoms with Crippen LogP contribution < -0.4 is 10.0 Å². The van der Waals surface area contributed by atoms with E-state index in [0.717, 1.165) is 18.7 Å². The number of nitrogens with zero attached hydrogens (tertiary/aromatic N) is 2. The van der Waals surface area contributed by atoms with Crippen molar-refractivity contribution in [3.8, 4) is 0 Å². The van der Waals surface area contributed by atoms with Gasteiger partial charge in [-0.3, -0.25) is 9.52 Å². The Bertz CT molecular complexity index is 1550. The minimum absolute atomic E-state index is 0.0335. The number of hydrogen-bond acceptors (Lipinski definition) is 7. The van der Waals surface area contributed by atoms with Gasteiger partial charge in [-0.2, -0.15) is 8.42 Å². The molecule has 13 heteroatoms. The standard InChI is InChI=1S/C23H23FN4O6S2/c1-35(31,32)26-15-8-9-17-19(11-15)36(33,34)27-22(25-17)20-21(29)16-6-3-7-18(16)28(23(20)30)12-13-4-2-5-14(24)10-13/h2,4-5,8-11,16,18,26,29H,3,6-7,12H2,1H3,(H,25,27)/t16-,18+/m1/s1. The first-order valence-electron chi connectivity index (χ1n) is 11.2. The third-order valence-electron chi connectivity index (χ3n) is 6.47. The molecular weight excluding hydrogens is 511 g/mol. The molecule has 1 aliphatic carbocycles. The number of anilines is 2. The summed E-state index contributed by atoms with van der Waals surface area (Å²) in [6.45, 7) is 0.0890. The molecule has 1 fully saturated rings. The third kappa shape index (κ3) is 4.44. The maximum Gasteiger partial charge on any atom is 0.286 e. The van der Waals surface area contributed by atoms with Gasteiger partial charge in [-0.15, -0.1) is 4.40 Å². The number of hydrogen-bond donors (Lipinski definition) is 3. The molecule has 2 aromatic rings. The van der Waals surface area contributed by atoms with Crippen LogP contribution in [0.1, 0.15) is 24.8 Å². The number of fused-ring (bicyclic) bond motifs is 2. The van der Waals surface area contributed by atoms with Crippen LogP contribution in [-0.2, 0) is 31.4 Å². The maximum absolute atomic E-state index is 13.8. The Morgan fingerprint density at radius 2 is 2.00 bits per heavy atom. The molecule has 10 nitrogen and oxygen atoms in total. The zero-order chi connectivity index (χ0) is 25.8. The minimum atomic E-state index is -4.34. The molecule has 3 N–H and O–H groups in total. The predicted octanol–water partition coefficient (Wildman–Crippen LogP) is 2.73. The van der Waals surface area contributed by atoms with Crippen molar-refractivity contribution in [2.24, 2.45) is 10.3 Å². The van der Waals surface area contributed by atoms with Gasteiger partial charge in [0.1, 0.15) is 22.0 Å². The minimum Gasteiger partial charge on any atom is -0.511 e.